The third-order valence-electron chi connectivity index (χ3n) is 6.17. The third kappa shape index (κ3) is 2.54. The highest BCUT2D eigenvalue weighted by Crippen LogP contribution is 2.51. The van der Waals surface area contributed by atoms with Crippen molar-refractivity contribution < 1.29 is 31.3 Å². The number of alkyl halides is 3. The average Bonchev–Trinajstić information content (AvgIpc) is 2.57. The molecule has 0 fully saturated rings. The van der Waals surface area contributed by atoms with Crippen molar-refractivity contribution in [2.75, 3.05) is 7.11 Å². The van der Waals surface area contributed by atoms with Gasteiger partial charge in [0.05, 0.1) is 24.2 Å². The van der Waals surface area contributed by atoms with E-state index in [-0.39, 0.29) is 16.8 Å². The van der Waals surface area contributed by atoms with E-state index in [0.29, 0.717) is 12.2 Å². The number of ether oxygens (including phenoxy) is 1. The Balaban J connectivity index is 2.52. The quantitative estimate of drug-likeness (QED) is 0.500. The molecule has 2 aromatic rings. The maximum absolute atomic E-state index is 15.1. The molecule has 27 heavy (non-hydrogen) atoms. The highest BCUT2D eigenvalue weighted by molar-refractivity contribution is 5.68. The summed E-state index contributed by atoms with van der Waals surface area (Å²) in [7, 11) is 1.42. The molecule has 3 rings (SSSR count). The van der Waals surface area contributed by atoms with E-state index in [1.54, 1.807) is 16.8 Å². The van der Waals surface area contributed by atoms with E-state index in [0.717, 1.165) is 6.07 Å². The largest absolute Gasteiger partial charge is 0.496 e. The Morgan fingerprint density at radius 3 is 2.26 bits per heavy atom. The van der Waals surface area contributed by atoms with Gasteiger partial charge in [-0.15, -0.1) is 0 Å². The molecule has 0 bridgehead atoms. The number of halogens is 5. The summed E-state index contributed by atoms with van der Waals surface area (Å²) in [5, 5.41) is 0. The van der Waals surface area contributed by atoms with Gasteiger partial charge in [-0.3, -0.25) is 0 Å². The fraction of sp³-hybridized carbons (Fsp3) is 0.450. The normalized spacial score (nSPS) is 20.8. The molecule has 2 heterocycles. The molecule has 1 aromatic carbocycles. The number of fused-ring (bicyclic) bond motifs is 3. The van der Waals surface area contributed by atoms with Crippen LogP contribution in [0.1, 0.15) is 45.2 Å². The third-order valence-corrected chi connectivity index (χ3v) is 6.17. The first-order chi connectivity index (χ1) is 12.4. The van der Waals surface area contributed by atoms with Crippen molar-refractivity contribution in [2.45, 2.75) is 51.2 Å². The second kappa shape index (κ2) is 5.91. The Kier molecular flexibility index (Phi) is 4.28. The van der Waals surface area contributed by atoms with Crippen LogP contribution in [0, 0.1) is 11.6 Å². The van der Waals surface area contributed by atoms with Crippen molar-refractivity contribution in [1.82, 2.24) is 0 Å². The molecule has 1 atom stereocenters. The average molecular weight is 386 g/mol. The van der Waals surface area contributed by atoms with E-state index in [4.69, 9.17) is 4.74 Å². The summed E-state index contributed by atoms with van der Waals surface area (Å²) >= 11 is 0. The molecule has 0 saturated carbocycles. The van der Waals surface area contributed by atoms with Crippen LogP contribution in [0.5, 0.6) is 5.75 Å². The maximum atomic E-state index is 15.1. The van der Waals surface area contributed by atoms with Crippen molar-refractivity contribution in [1.29, 1.82) is 0 Å². The first-order valence-corrected chi connectivity index (χ1v) is 8.60. The highest BCUT2D eigenvalue weighted by atomic mass is 19.4. The number of methoxy groups -OCH3 is 1. The van der Waals surface area contributed by atoms with Crippen LogP contribution in [0.2, 0.25) is 0 Å². The molecule has 0 spiro atoms. The first-order valence-electron chi connectivity index (χ1n) is 8.60. The lowest BCUT2D eigenvalue weighted by Gasteiger charge is -2.44. The van der Waals surface area contributed by atoms with Crippen molar-refractivity contribution in [3.05, 3.63) is 47.2 Å². The monoisotopic (exact) mass is 386 g/mol. The van der Waals surface area contributed by atoms with Crippen LogP contribution in [-0.2, 0) is 17.1 Å². The highest BCUT2D eigenvalue weighted by Gasteiger charge is 2.56. The molecular formula is C20H21F5NO+. The van der Waals surface area contributed by atoms with Crippen molar-refractivity contribution in [3.63, 3.8) is 0 Å². The van der Waals surface area contributed by atoms with Crippen molar-refractivity contribution >= 4 is 0 Å². The standard InChI is InChI=1S/C20H21F5NO/c1-6-19(4)12-10-13(21)16(20(23,24)25)17(22)15(12)14-9-11(27-5)7-8-26(14)18(19,2)3/h7-10H,6H2,1-5H3/q+1. The molecule has 146 valence electrons. The van der Waals surface area contributed by atoms with Gasteiger partial charge in [0, 0.05) is 19.9 Å². The summed E-state index contributed by atoms with van der Waals surface area (Å²) in [6.07, 6.45) is -2.99. The molecule has 7 heteroatoms. The summed E-state index contributed by atoms with van der Waals surface area (Å²) in [6, 6.07) is 3.99. The zero-order chi connectivity index (χ0) is 20.4. The van der Waals surface area contributed by atoms with Gasteiger partial charge in [-0.25, -0.2) is 8.78 Å². The van der Waals surface area contributed by atoms with E-state index in [9.17, 15) is 17.6 Å². The van der Waals surface area contributed by atoms with Crippen molar-refractivity contribution in [2.24, 2.45) is 0 Å². The summed E-state index contributed by atoms with van der Waals surface area (Å²) in [5.74, 6) is -2.80. The lowest BCUT2D eigenvalue weighted by Crippen LogP contribution is -2.66. The van der Waals surface area contributed by atoms with Crippen LogP contribution < -0.4 is 9.30 Å². The van der Waals surface area contributed by atoms with Gasteiger partial charge < -0.3 is 4.74 Å². The minimum Gasteiger partial charge on any atom is -0.496 e. The Labute approximate surface area is 154 Å². The topological polar surface area (TPSA) is 13.1 Å². The van der Waals surface area contributed by atoms with Gasteiger partial charge in [0.2, 0.25) is 5.69 Å². The van der Waals surface area contributed by atoms with Crippen molar-refractivity contribution in [3.8, 4) is 17.0 Å². The van der Waals surface area contributed by atoms with Crippen LogP contribution in [-0.4, -0.2) is 7.11 Å². The van der Waals surface area contributed by atoms with Gasteiger partial charge in [0.1, 0.15) is 17.1 Å². The molecular weight excluding hydrogens is 365 g/mol. The molecule has 0 amide bonds. The number of aromatic nitrogens is 1. The minimum absolute atomic E-state index is 0.225. The summed E-state index contributed by atoms with van der Waals surface area (Å²) < 4.78 is 76.4. The zero-order valence-corrected chi connectivity index (χ0v) is 15.8. The molecule has 0 aliphatic carbocycles. The van der Waals surface area contributed by atoms with Gasteiger partial charge in [-0.1, -0.05) is 6.92 Å². The van der Waals surface area contributed by atoms with E-state index < -0.39 is 34.3 Å². The smallest absolute Gasteiger partial charge is 0.422 e. The van der Waals surface area contributed by atoms with Crippen LogP contribution in [0.15, 0.2) is 24.4 Å². The second-order valence-corrected chi connectivity index (χ2v) is 7.53. The Hall–Kier alpha value is -2.18. The van der Waals surface area contributed by atoms with Gasteiger partial charge >= 0.3 is 6.18 Å². The number of hydrogen-bond donors (Lipinski definition) is 0. The second-order valence-electron chi connectivity index (χ2n) is 7.53. The maximum Gasteiger partial charge on any atom is 0.422 e. The number of hydrogen-bond acceptors (Lipinski definition) is 1. The van der Waals surface area contributed by atoms with Gasteiger partial charge in [-0.05, 0) is 25.0 Å². The number of benzene rings is 1. The van der Waals surface area contributed by atoms with E-state index in [1.807, 2.05) is 27.7 Å². The SMILES string of the molecule is CCC1(C)c2cc(F)c(C(F)(F)F)c(F)c2-c2cc(OC)cc[n+]2C1(C)C. The summed E-state index contributed by atoms with van der Waals surface area (Å²) in [4.78, 5) is 0. The Morgan fingerprint density at radius 1 is 1.11 bits per heavy atom. The van der Waals surface area contributed by atoms with Crippen LogP contribution in [0.25, 0.3) is 11.3 Å². The van der Waals surface area contributed by atoms with E-state index in [1.165, 1.54) is 13.2 Å². The van der Waals surface area contributed by atoms with Crippen LogP contribution >= 0.6 is 0 Å². The molecule has 1 aliphatic heterocycles. The molecule has 1 aliphatic rings. The molecule has 1 unspecified atom stereocenters. The van der Waals surface area contributed by atoms with Gasteiger partial charge in [0.15, 0.2) is 17.6 Å². The van der Waals surface area contributed by atoms with E-state index >= 15 is 4.39 Å². The molecule has 0 saturated heterocycles. The molecule has 1 aromatic heterocycles. The Morgan fingerprint density at radius 2 is 1.74 bits per heavy atom. The van der Waals surface area contributed by atoms with E-state index in [2.05, 4.69) is 0 Å². The molecule has 2 nitrogen and oxygen atoms in total. The fourth-order valence-electron chi connectivity index (χ4n) is 4.07. The summed E-state index contributed by atoms with van der Waals surface area (Å²) in [5.41, 5.74) is -3.08. The number of rotatable bonds is 2. The summed E-state index contributed by atoms with van der Waals surface area (Å²) in [6.45, 7) is 7.48. The number of nitrogens with zero attached hydrogens (tertiary/aromatic N) is 1. The predicted molar refractivity (Wildman–Crippen MR) is 90.5 cm³/mol. The zero-order valence-electron chi connectivity index (χ0n) is 15.8. The fourth-order valence-corrected chi connectivity index (χ4v) is 4.07. The predicted octanol–water partition coefficient (Wildman–Crippen LogP) is 5.36. The molecule has 0 radical (unpaired) electrons. The first kappa shape index (κ1) is 19.6. The van der Waals surface area contributed by atoms with Crippen LogP contribution in [0.4, 0.5) is 22.0 Å². The number of pyridine rings is 1. The molecule has 0 N–H and O–H groups in total. The van der Waals surface area contributed by atoms with Gasteiger partial charge in [-0.2, -0.15) is 17.7 Å². The minimum atomic E-state index is -5.14. The lowest BCUT2D eigenvalue weighted by molar-refractivity contribution is -0.760. The Bertz CT molecular complexity index is 920. The van der Waals surface area contributed by atoms with Crippen LogP contribution in [0.3, 0.4) is 0 Å². The lowest BCUT2D eigenvalue weighted by atomic mass is 9.62. The van der Waals surface area contributed by atoms with Gasteiger partial charge in [0.25, 0.3) is 0 Å².